The largest absolute Gasteiger partial charge is 0.490 e. The molecule has 0 bridgehead atoms. The quantitative estimate of drug-likeness (QED) is 0.836. The third kappa shape index (κ3) is 3.17. The van der Waals surface area contributed by atoms with E-state index in [1.54, 1.807) is 31.5 Å². The SMILES string of the molecule is C=CCOc1ccc(C(C)O)c(-c2ncccn2)c1. The average Bonchev–Trinajstić information content (AvgIpc) is 2.45. The van der Waals surface area contributed by atoms with Crippen LogP contribution in [0.5, 0.6) is 5.75 Å². The van der Waals surface area contributed by atoms with Gasteiger partial charge in [-0.1, -0.05) is 18.7 Å². The van der Waals surface area contributed by atoms with Crippen LogP contribution in [0.15, 0.2) is 49.3 Å². The molecule has 2 aromatic rings. The molecule has 0 radical (unpaired) electrons. The summed E-state index contributed by atoms with van der Waals surface area (Å²) in [5.74, 6) is 1.27. The number of aliphatic hydroxyl groups is 1. The van der Waals surface area contributed by atoms with Gasteiger partial charge in [-0.2, -0.15) is 0 Å². The smallest absolute Gasteiger partial charge is 0.159 e. The van der Waals surface area contributed by atoms with E-state index in [0.29, 0.717) is 18.2 Å². The van der Waals surface area contributed by atoms with Gasteiger partial charge in [0.25, 0.3) is 0 Å². The maximum absolute atomic E-state index is 9.82. The van der Waals surface area contributed by atoms with Crippen LogP contribution in [0.1, 0.15) is 18.6 Å². The van der Waals surface area contributed by atoms with Crippen LogP contribution in [0.4, 0.5) is 0 Å². The fourth-order valence-corrected chi connectivity index (χ4v) is 1.78. The molecule has 4 nitrogen and oxygen atoms in total. The number of nitrogens with zero attached hydrogens (tertiary/aromatic N) is 2. The lowest BCUT2D eigenvalue weighted by Crippen LogP contribution is -2.00. The molecular formula is C15H16N2O2. The number of rotatable bonds is 5. The molecule has 0 amide bonds. The highest BCUT2D eigenvalue weighted by atomic mass is 16.5. The minimum Gasteiger partial charge on any atom is -0.490 e. The summed E-state index contributed by atoms with van der Waals surface area (Å²) in [6, 6.07) is 7.23. The van der Waals surface area contributed by atoms with Crippen molar-refractivity contribution in [1.29, 1.82) is 0 Å². The summed E-state index contributed by atoms with van der Waals surface area (Å²) in [5, 5.41) is 9.82. The Morgan fingerprint density at radius 1 is 1.37 bits per heavy atom. The molecule has 0 aliphatic rings. The zero-order chi connectivity index (χ0) is 13.7. The van der Waals surface area contributed by atoms with E-state index in [2.05, 4.69) is 16.5 Å². The Morgan fingerprint density at radius 2 is 2.11 bits per heavy atom. The molecule has 0 aliphatic heterocycles. The topological polar surface area (TPSA) is 55.2 Å². The van der Waals surface area contributed by atoms with E-state index in [9.17, 15) is 5.11 Å². The molecule has 1 atom stereocenters. The molecule has 98 valence electrons. The number of benzene rings is 1. The highest BCUT2D eigenvalue weighted by molar-refractivity contribution is 5.63. The molecule has 4 heteroatoms. The Balaban J connectivity index is 2.45. The van der Waals surface area contributed by atoms with Crippen LogP contribution in [-0.2, 0) is 0 Å². The van der Waals surface area contributed by atoms with Gasteiger partial charge in [0.05, 0.1) is 6.10 Å². The van der Waals surface area contributed by atoms with Crippen molar-refractivity contribution < 1.29 is 9.84 Å². The lowest BCUT2D eigenvalue weighted by atomic mass is 10.0. The van der Waals surface area contributed by atoms with Gasteiger partial charge in [0.2, 0.25) is 0 Å². The van der Waals surface area contributed by atoms with Crippen molar-refractivity contribution in [1.82, 2.24) is 9.97 Å². The summed E-state index contributed by atoms with van der Waals surface area (Å²) in [4.78, 5) is 8.43. The summed E-state index contributed by atoms with van der Waals surface area (Å²) in [5.41, 5.74) is 1.55. The van der Waals surface area contributed by atoms with Crippen LogP contribution in [0.2, 0.25) is 0 Å². The van der Waals surface area contributed by atoms with Gasteiger partial charge in [-0.25, -0.2) is 9.97 Å². The fourth-order valence-electron chi connectivity index (χ4n) is 1.78. The standard InChI is InChI=1S/C15H16N2O2/c1-3-9-19-12-5-6-13(11(2)18)14(10-12)15-16-7-4-8-17-15/h3-8,10-11,18H,1,9H2,2H3. The Morgan fingerprint density at radius 3 is 2.74 bits per heavy atom. The predicted octanol–water partition coefficient (Wildman–Crippen LogP) is 2.76. The van der Waals surface area contributed by atoms with E-state index < -0.39 is 6.10 Å². The predicted molar refractivity (Wildman–Crippen MR) is 73.8 cm³/mol. The van der Waals surface area contributed by atoms with Crippen LogP contribution < -0.4 is 4.74 Å². The first-order valence-electron chi connectivity index (χ1n) is 6.05. The summed E-state index contributed by atoms with van der Waals surface area (Å²) in [7, 11) is 0. The van der Waals surface area contributed by atoms with Crippen molar-refractivity contribution in [2.45, 2.75) is 13.0 Å². The number of aliphatic hydroxyl groups excluding tert-OH is 1. The molecule has 1 N–H and O–H groups in total. The second kappa shape index (κ2) is 6.11. The molecular weight excluding hydrogens is 240 g/mol. The van der Waals surface area contributed by atoms with Crippen LogP contribution in [-0.4, -0.2) is 21.7 Å². The molecule has 0 spiro atoms. The first-order valence-corrected chi connectivity index (χ1v) is 6.05. The Hall–Kier alpha value is -2.20. The lowest BCUT2D eigenvalue weighted by molar-refractivity contribution is 0.199. The monoisotopic (exact) mass is 256 g/mol. The maximum Gasteiger partial charge on any atom is 0.159 e. The molecule has 1 unspecified atom stereocenters. The van der Waals surface area contributed by atoms with Gasteiger partial charge < -0.3 is 9.84 Å². The van der Waals surface area contributed by atoms with Crippen LogP contribution in [0.25, 0.3) is 11.4 Å². The number of aromatic nitrogens is 2. The third-order valence-corrected chi connectivity index (χ3v) is 2.65. The average molecular weight is 256 g/mol. The van der Waals surface area contributed by atoms with Crippen LogP contribution in [0.3, 0.4) is 0 Å². The maximum atomic E-state index is 9.82. The zero-order valence-electron chi connectivity index (χ0n) is 10.8. The normalized spacial score (nSPS) is 11.9. The molecule has 0 saturated carbocycles. The number of hydrogen-bond donors (Lipinski definition) is 1. The Kier molecular flexibility index (Phi) is 4.26. The van der Waals surface area contributed by atoms with Gasteiger partial charge in [-0.3, -0.25) is 0 Å². The van der Waals surface area contributed by atoms with Gasteiger partial charge >= 0.3 is 0 Å². The first-order chi connectivity index (χ1) is 9.22. The fraction of sp³-hybridized carbons (Fsp3) is 0.200. The molecule has 0 saturated heterocycles. The molecule has 2 rings (SSSR count). The van der Waals surface area contributed by atoms with Crippen molar-refractivity contribution in [3.05, 3.63) is 54.9 Å². The van der Waals surface area contributed by atoms with Crippen molar-refractivity contribution in [2.75, 3.05) is 6.61 Å². The minimum absolute atomic E-state index is 0.434. The number of ether oxygens (including phenoxy) is 1. The van der Waals surface area contributed by atoms with Gasteiger partial charge in [-0.05, 0) is 30.7 Å². The molecule has 1 heterocycles. The second-order valence-electron chi connectivity index (χ2n) is 4.10. The van der Waals surface area contributed by atoms with Crippen molar-refractivity contribution in [3.8, 4) is 17.1 Å². The molecule has 1 aromatic carbocycles. The van der Waals surface area contributed by atoms with E-state index in [1.807, 2.05) is 18.2 Å². The van der Waals surface area contributed by atoms with E-state index in [0.717, 1.165) is 11.1 Å². The summed E-state index contributed by atoms with van der Waals surface area (Å²) < 4.78 is 5.50. The van der Waals surface area contributed by atoms with E-state index in [1.165, 1.54) is 0 Å². The van der Waals surface area contributed by atoms with Crippen LogP contribution >= 0.6 is 0 Å². The second-order valence-corrected chi connectivity index (χ2v) is 4.10. The lowest BCUT2D eigenvalue weighted by Gasteiger charge is -2.13. The molecule has 1 aromatic heterocycles. The Labute approximate surface area is 112 Å². The van der Waals surface area contributed by atoms with E-state index in [-0.39, 0.29) is 0 Å². The minimum atomic E-state index is -0.590. The summed E-state index contributed by atoms with van der Waals surface area (Å²) >= 11 is 0. The van der Waals surface area contributed by atoms with E-state index in [4.69, 9.17) is 4.74 Å². The van der Waals surface area contributed by atoms with Crippen LogP contribution in [0, 0.1) is 0 Å². The summed E-state index contributed by atoms with van der Waals surface area (Å²) in [6.07, 6.45) is 4.44. The molecule has 0 aliphatic carbocycles. The summed E-state index contributed by atoms with van der Waals surface area (Å²) in [6.45, 7) is 5.76. The highest BCUT2D eigenvalue weighted by Gasteiger charge is 2.13. The third-order valence-electron chi connectivity index (χ3n) is 2.65. The molecule has 0 fully saturated rings. The van der Waals surface area contributed by atoms with Gasteiger partial charge in [0, 0.05) is 18.0 Å². The molecule has 19 heavy (non-hydrogen) atoms. The van der Waals surface area contributed by atoms with Crippen molar-refractivity contribution in [3.63, 3.8) is 0 Å². The zero-order valence-corrected chi connectivity index (χ0v) is 10.8. The van der Waals surface area contributed by atoms with Gasteiger partial charge in [0.1, 0.15) is 12.4 Å². The van der Waals surface area contributed by atoms with E-state index >= 15 is 0 Å². The number of hydrogen-bond acceptors (Lipinski definition) is 4. The van der Waals surface area contributed by atoms with Crippen molar-refractivity contribution >= 4 is 0 Å². The Bertz CT molecular complexity index is 553. The van der Waals surface area contributed by atoms with Crippen molar-refractivity contribution in [2.24, 2.45) is 0 Å². The first kappa shape index (κ1) is 13.2. The highest BCUT2D eigenvalue weighted by Crippen LogP contribution is 2.29. The van der Waals surface area contributed by atoms with Gasteiger partial charge in [0.15, 0.2) is 5.82 Å². The van der Waals surface area contributed by atoms with Gasteiger partial charge in [-0.15, -0.1) is 0 Å².